The number of benzene rings is 2. The highest BCUT2D eigenvalue weighted by Gasteiger charge is 2.28. The summed E-state index contributed by atoms with van der Waals surface area (Å²) in [6.45, 7) is 0.182. The van der Waals surface area contributed by atoms with Crippen molar-refractivity contribution in [1.29, 1.82) is 0 Å². The zero-order chi connectivity index (χ0) is 20.2. The molecule has 2 rings (SSSR count). The van der Waals surface area contributed by atoms with E-state index in [4.69, 9.17) is 0 Å². The van der Waals surface area contributed by atoms with Gasteiger partial charge < -0.3 is 5.32 Å². The Kier molecular flexibility index (Phi) is 6.09. The minimum atomic E-state index is -4.55. The normalized spacial score (nSPS) is 11.9. The lowest BCUT2D eigenvalue weighted by molar-refractivity contribution is -0.123. The number of nitrogens with one attached hydrogen (secondary N) is 1. The second kappa shape index (κ2) is 7.95. The zero-order valence-electron chi connectivity index (χ0n) is 14.1. The van der Waals surface area contributed by atoms with Crippen molar-refractivity contribution in [3.8, 4) is 0 Å². The topological polar surface area (TPSA) is 66.5 Å². The molecule has 0 fully saturated rings. The molecule has 0 aliphatic carbocycles. The van der Waals surface area contributed by atoms with Crippen molar-refractivity contribution in [2.45, 2.75) is 18.0 Å². The number of anilines is 1. The van der Waals surface area contributed by atoms with Gasteiger partial charge in [-0.15, -0.1) is 0 Å². The molecule has 1 amide bonds. The zero-order valence-corrected chi connectivity index (χ0v) is 14.9. The van der Waals surface area contributed by atoms with E-state index in [0.29, 0.717) is 0 Å². The van der Waals surface area contributed by atoms with Crippen LogP contribution in [-0.2, 0) is 10.0 Å². The molecular formula is C17H16F4N2O3S. The predicted octanol–water partition coefficient (Wildman–Crippen LogP) is 3.33. The average Bonchev–Trinajstić information content (AvgIpc) is 2.61. The summed E-state index contributed by atoms with van der Waals surface area (Å²) in [5.41, 5.74) is 0.147. The summed E-state index contributed by atoms with van der Waals surface area (Å²) in [5, 5.41) is 1.70. The van der Waals surface area contributed by atoms with Gasteiger partial charge in [-0.25, -0.2) is 12.8 Å². The highest BCUT2D eigenvalue weighted by atomic mass is 32.2. The molecule has 0 saturated heterocycles. The Balaban J connectivity index is 2.23. The number of carbonyl (C=O) groups is 1. The fraction of sp³-hybridized carbons (Fsp3) is 0.235. The molecule has 0 aromatic heterocycles. The van der Waals surface area contributed by atoms with Gasteiger partial charge in [0, 0.05) is 12.1 Å². The number of halogens is 4. The first-order valence-electron chi connectivity index (χ1n) is 7.78. The Labute approximate surface area is 153 Å². The third-order valence-electron chi connectivity index (χ3n) is 3.56. The van der Waals surface area contributed by atoms with Gasteiger partial charge in [-0.3, -0.25) is 9.10 Å². The van der Waals surface area contributed by atoms with Crippen molar-refractivity contribution >= 4 is 21.6 Å². The van der Waals surface area contributed by atoms with Gasteiger partial charge in [-0.05, 0) is 55.5 Å². The van der Waals surface area contributed by atoms with Gasteiger partial charge >= 0.3 is 6.18 Å². The number of sulfonamides is 1. The van der Waals surface area contributed by atoms with E-state index in [-0.39, 0.29) is 22.7 Å². The maximum atomic E-state index is 13.1. The van der Waals surface area contributed by atoms with Crippen molar-refractivity contribution in [3.05, 3.63) is 59.9 Å². The quantitative estimate of drug-likeness (QED) is 0.751. The molecule has 0 aliphatic heterocycles. The molecule has 0 spiro atoms. The first-order valence-corrected chi connectivity index (χ1v) is 9.22. The minimum absolute atomic E-state index is 0.0712. The largest absolute Gasteiger partial charge is 0.405 e. The van der Waals surface area contributed by atoms with E-state index in [2.05, 4.69) is 0 Å². The van der Waals surface area contributed by atoms with Crippen LogP contribution < -0.4 is 9.62 Å². The summed E-state index contributed by atoms with van der Waals surface area (Å²) in [4.78, 5) is 11.5. The molecule has 2 aromatic carbocycles. The molecule has 0 radical (unpaired) electrons. The Morgan fingerprint density at radius 3 is 2.07 bits per heavy atom. The molecule has 0 heterocycles. The lowest BCUT2D eigenvalue weighted by atomic mass is 10.2. The Morgan fingerprint density at radius 2 is 1.59 bits per heavy atom. The third-order valence-corrected chi connectivity index (χ3v) is 5.47. The summed E-state index contributed by atoms with van der Waals surface area (Å²) in [6, 6.07) is 9.39. The standard InChI is InChI=1S/C17H16F4N2O3S/c1-2-23(14-7-5-13(18)6-8-14)27(25,26)15-9-3-12(4-10-15)16(24)22-11-17(19,20)21/h3-10H,2,11H2,1H3,(H,22,24). The van der Waals surface area contributed by atoms with Gasteiger partial charge in [0.05, 0.1) is 10.6 Å². The molecule has 27 heavy (non-hydrogen) atoms. The fourth-order valence-electron chi connectivity index (χ4n) is 2.29. The van der Waals surface area contributed by atoms with Crippen LogP contribution in [-0.4, -0.2) is 33.6 Å². The molecule has 146 valence electrons. The lowest BCUT2D eigenvalue weighted by Gasteiger charge is -2.23. The second-order valence-corrected chi connectivity index (χ2v) is 7.33. The van der Waals surface area contributed by atoms with Crippen LogP contribution in [0.25, 0.3) is 0 Å². The molecule has 2 aromatic rings. The Hall–Kier alpha value is -2.62. The Bertz CT molecular complexity index is 895. The molecule has 5 nitrogen and oxygen atoms in total. The van der Waals surface area contributed by atoms with Crippen LogP contribution >= 0.6 is 0 Å². The van der Waals surface area contributed by atoms with Crippen molar-refractivity contribution < 1.29 is 30.8 Å². The van der Waals surface area contributed by atoms with E-state index in [0.717, 1.165) is 40.7 Å². The van der Waals surface area contributed by atoms with Crippen molar-refractivity contribution in [1.82, 2.24) is 5.32 Å². The first kappa shape index (κ1) is 20.7. The summed E-state index contributed by atoms with van der Waals surface area (Å²) in [5.74, 6) is -1.48. The van der Waals surface area contributed by atoms with Crippen LogP contribution in [0.1, 0.15) is 17.3 Å². The SMILES string of the molecule is CCN(c1ccc(F)cc1)S(=O)(=O)c1ccc(C(=O)NCC(F)(F)F)cc1. The van der Waals surface area contributed by atoms with Crippen LogP contribution in [0.2, 0.25) is 0 Å². The van der Waals surface area contributed by atoms with E-state index >= 15 is 0 Å². The van der Waals surface area contributed by atoms with Gasteiger partial charge in [-0.1, -0.05) is 0 Å². The number of rotatable bonds is 6. The molecule has 10 heteroatoms. The van der Waals surface area contributed by atoms with E-state index < -0.39 is 34.5 Å². The minimum Gasteiger partial charge on any atom is -0.343 e. The number of hydrogen-bond donors (Lipinski definition) is 1. The van der Waals surface area contributed by atoms with Crippen LogP contribution in [0.15, 0.2) is 53.4 Å². The second-order valence-electron chi connectivity index (χ2n) is 5.47. The van der Waals surface area contributed by atoms with Crippen LogP contribution in [0.4, 0.5) is 23.2 Å². The van der Waals surface area contributed by atoms with Crippen LogP contribution in [0.3, 0.4) is 0 Å². The average molecular weight is 404 g/mol. The molecular weight excluding hydrogens is 388 g/mol. The van der Waals surface area contributed by atoms with Crippen LogP contribution in [0.5, 0.6) is 0 Å². The smallest absolute Gasteiger partial charge is 0.343 e. The molecule has 0 saturated carbocycles. The highest BCUT2D eigenvalue weighted by molar-refractivity contribution is 7.92. The van der Waals surface area contributed by atoms with Gasteiger partial charge in [0.2, 0.25) is 0 Å². The van der Waals surface area contributed by atoms with Crippen molar-refractivity contribution in [2.75, 3.05) is 17.4 Å². The summed E-state index contributed by atoms with van der Waals surface area (Å²) < 4.78 is 76.1. The summed E-state index contributed by atoms with van der Waals surface area (Å²) in [7, 11) is -4.00. The maximum Gasteiger partial charge on any atom is 0.405 e. The highest BCUT2D eigenvalue weighted by Crippen LogP contribution is 2.24. The van der Waals surface area contributed by atoms with Gasteiger partial charge in [0.15, 0.2) is 0 Å². The molecule has 0 aliphatic rings. The van der Waals surface area contributed by atoms with Gasteiger partial charge in [0.1, 0.15) is 12.4 Å². The number of amides is 1. The van der Waals surface area contributed by atoms with Crippen molar-refractivity contribution in [2.24, 2.45) is 0 Å². The van der Waals surface area contributed by atoms with Gasteiger partial charge in [0.25, 0.3) is 15.9 Å². The van der Waals surface area contributed by atoms with E-state index in [1.54, 1.807) is 12.2 Å². The van der Waals surface area contributed by atoms with E-state index in [9.17, 15) is 30.8 Å². The van der Waals surface area contributed by atoms with Crippen LogP contribution in [0, 0.1) is 5.82 Å². The molecule has 0 bridgehead atoms. The molecule has 0 unspecified atom stereocenters. The number of alkyl halides is 3. The van der Waals surface area contributed by atoms with Gasteiger partial charge in [-0.2, -0.15) is 13.2 Å². The van der Waals surface area contributed by atoms with E-state index in [1.165, 1.54) is 12.1 Å². The number of hydrogen-bond acceptors (Lipinski definition) is 3. The number of carbonyl (C=O) groups excluding carboxylic acids is 1. The molecule has 0 atom stereocenters. The number of nitrogens with zero attached hydrogens (tertiary/aromatic N) is 1. The van der Waals surface area contributed by atoms with Crippen molar-refractivity contribution in [3.63, 3.8) is 0 Å². The summed E-state index contributed by atoms with van der Waals surface area (Å²) >= 11 is 0. The maximum absolute atomic E-state index is 13.1. The summed E-state index contributed by atoms with van der Waals surface area (Å²) in [6.07, 6.45) is -4.55. The third kappa shape index (κ3) is 5.19. The first-order chi connectivity index (χ1) is 12.5. The van der Waals surface area contributed by atoms with E-state index in [1.807, 2.05) is 0 Å². The monoisotopic (exact) mass is 404 g/mol. The Morgan fingerprint density at radius 1 is 1.04 bits per heavy atom. The molecule has 1 N–H and O–H groups in total. The predicted molar refractivity (Wildman–Crippen MR) is 91.4 cm³/mol. The fourth-order valence-corrected chi connectivity index (χ4v) is 3.76. The lowest BCUT2D eigenvalue weighted by Crippen LogP contribution is -2.33.